The Bertz CT molecular complexity index is 4140. The zero-order chi connectivity index (χ0) is 98.8. The van der Waals surface area contributed by atoms with Crippen molar-refractivity contribution in [1.29, 1.82) is 0 Å². The third-order valence-corrected chi connectivity index (χ3v) is 29.9. The van der Waals surface area contributed by atoms with Crippen molar-refractivity contribution in [3.63, 3.8) is 0 Å². The van der Waals surface area contributed by atoms with Gasteiger partial charge in [0.1, 0.15) is 60.3 Å². The summed E-state index contributed by atoms with van der Waals surface area (Å²) in [7, 11) is 7.47. The molecule has 30 atom stereocenters. The van der Waals surface area contributed by atoms with E-state index < -0.39 is 168 Å². The number of cyclic esters (lactones) is 2. The number of aliphatic hydroxyl groups is 6. The van der Waals surface area contributed by atoms with Crippen LogP contribution in [0.15, 0.2) is 95.2 Å². The van der Waals surface area contributed by atoms with Gasteiger partial charge >= 0.3 is 11.9 Å². The van der Waals surface area contributed by atoms with E-state index >= 15 is 0 Å². The number of fused-ring (bicyclic) bond motifs is 6. The van der Waals surface area contributed by atoms with E-state index in [0.29, 0.717) is 147 Å². The van der Waals surface area contributed by atoms with E-state index in [0.717, 1.165) is 24.0 Å². The molecule has 6 N–H and O–H groups in total. The maximum absolute atomic E-state index is 14.5. The van der Waals surface area contributed by atoms with Gasteiger partial charge < -0.3 is 92.5 Å². The van der Waals surface area contributed by atoms with E-state index in [4.69, 9.17) is 52.1 Å². The smallest absolute Gasteiger partial charge is 0.329 e. The van der Waals surface area contributed by atoms with Crippen LogP contribution in [0.1, 0.15) is 251 Å². The SMILES string of the molecule is CO[C@@H]1C[C@H](C[C@@H](C)[C@@H]2CC(=O)[C@H](C)/C=C(\C)[C@@H](O)[C@@H](OC)C(=O)[C@H](C)C[C@H](C)/C=C/C=C/C=C(\C)C(OCC3COC3)C[C@@H]3CC[C@@H](C)[C@@](O)(O3)C(=O)C(=O)N3CCCC[C@H]3C(=O)O2)CC[C@H]1O.CO[C@H]1C[C@@H]2CC[C@@H](C)[C@@](O)(O2)C(=O)C(=O)N2CCCC[C@H]2C(=O)O[C@H]([C@H](C)C[C@@H]2CC[C@@H](O)[C@H](OC)C2)CC(=O)[C@H](C)/C=C(\C)[C@@H](O)[C@@H](OC)C(=O)[C@H](C)C[C@H](C)/C=C/C=CC=C1C. The standard InChI is InChI=1S/C54H83NO14.C51H79NO13/c1-32-15-11-10-12-16-33(2)45(67-31-40-29-66-30-40)27-41-20-18-38(7)54(63,69-41)51(60)52(61)55-22-14-13-17-42(55)53(62)68-46(35(4)25-39-19-21-43(56)47(26-39)64-8)28-44(57)34(3)24-37(6)49(59)50(65-9)48(58)36(5)23-32;1-30-16-12-11-13-17-31(2)42(61-8)28-38-21-19-36(7)51(60,65-38)48(57)49(58)52-23-15-14-18-39(52)50(59)64-43(33(4)26-37-20-22-40(53)44(27-37)62-9)29-41(54)32(3)25-35(6)46(56)47(63-10)45(55)34(5)24-30/h10-12,15-16,24,32,34-36,38-43,45-47,49-50,56,59,63H,13-14,17-23,25-31H2,1-9H3;11-13,16-17,25,30,32-34,36-40,42-44,46-47,53,56,60H,14-15,18-24,26-29H2,1-10H3/b12-10+,15-11+,33-16+,37-24+;13-11?,16-12+,31-17?,35-25+/t32-,34-,35-,36-,38-,39+,41+,42+,43-,45?,46+,47-,49-,50+,54-;30-,32-,33-,34-,36-,37+,38+,39+,40-,42+,43+,44-,46-,47+,51-/m11/s1. The molecule has 5 saturated heterocycles. The average Bonchev–Trinajstić information content (AvgIpc) is 0.774. The first-order valence-corrected chi connectivity index (χ1v) is 49.5. The number of piperidine rings is 2. The van der Waals surface area contributed by atoms with Crippen molar-refractivity contribution >= 4 is 58.5 Å². The first kappa shape index (κ1) is 113. The van der Waals surface area contributed by atoms with Gasteiger partial charge in [0.2, 0.25) is 11.6 Å². The predicted molar refractivity (Wildman–Crippen MR) is 504 cm³/mol. The van der Waals surface area contributed by atoms with Crippen LogP contribution in [-0.4, -0.2) is 276 Å². The van der Waals surface area contributed by atoms with Crippen LogP contribution in [0.2, 0.25) is 0 Å². The average molecular weight is 1880 g/mol. The van der Waals surface area contributed by atoms with E-state index in [-0.39, 0.29) is 116 Å². The lowest BCUT2D eigenvalue weighted by atomic mass is 9.78. The van der Waals surface area contributed by atoms with Crippen molar-refractivity contribution in [2.24, 2.45) is 76.9 Å². The second kappa shape index (κ2) is 53.6. The molecule has 9 rings (SSSR count). The van der Waals surface area contributed by atoms with Crippen LogP contribution in [0.5, 0.6) is 0 Å². The summed E-state index contributed by atoms with van der Waals surface area (Å²) in [4.78, 5) is 144. The number of carbonyl (C=O) groups excluding carboxylic acids is 10. The van der Waals surface area contributed by atoms with Crippen molar-refractivity contribution in [3.05, 3.63) is 95.2 Å². The molecule has 9 aliphatic rings. The minimum Gasteiger partial charge on any atom is -0.460 e. The van der Waals surface area contributed by atoms with E-state index in [1.54, 1.807) is 75.0 Å². The van der Waals surface area contributed by atoms with Crippen molar-refractivity contribution in [2.45, 2.75) is 360 Å². The van der Waals surface area contributed by atoms with Crippen molar-refractivity contribution in [3.8, 4) is 0 Å². The Balaban J connectivity index is 0.000000330. The number of allylic oxidation sites excluding steroid dienone is 12. The molecule has 0 spiro atoms. The molecule has 29 heteroatoms. The van der Waals surface area contributed by atoms with Crippen molar-refractivity contribution in [2.75, 3.05) is 68.5 Å². The van der Waals surface area contributed by atoms with Gasteiger partial charge in [-0.2, -0.15) is 0 Å². The molecule has 754 valence electrons. The Labute approximate surface area is 795 Å². The summed E-state index contributed by atoms with van der Waals surface area (Å²) in [6.45, 7) is 27.2. The van der Waals surface area contributed by atoms with Gasteiger partial charge in [0.15, 0.2) is 11.6 Å². The molecule has 2 amide bonds. The highest BCUT2D eigenvalue weighted by molar-refractivity contribution is 6.39. The van der Waals surface area contributed by atoms with Crippen molar-refractivity contribution in [1.82, 2.24) is 9.80 Å². The summed E-state index contributed by atoms with van der Waals surface area (Å²) in [6, 6.07) is -2.29. The van der Waals surface area contributed by atoms with Gasteiger partial charge in [0, 0.05) is 116 Å². The number of ether oxygens (including phenoxy) is 11. The molecule has 7 fully saturated rings. The molecule has 2 aliphatic carbocycles. The van der Waals surface area contributed by atoms with Crippen LogP contribution in [-0.2, 0) is 100 Å². The molecule has 29 nitrogen and oxygen atoms in total. The maximum atomic E-state index is 14.5. The third kappa shape index (κ3) is 30.9. The highest BCUT2D eigenvalue weighted by Crippen LogP contribution is 2.42. The van der Waals surface area contributed by atoms with Gasteiger partial charge in [-0.15, -0.1) is 0 Å². The molecule has 0 aromatic rings. The fourth-order valence-corrected chi connectivity index (χ4v) is 20.8. The Hall–Kier alpha value is -6.78. The quantitative estimate of drug-likeness (QED) is 0.0534. The van der Waals surface area contributed by atoms with Gasteiger partial charge in [0.25, 0.3) is 23.4 Å². The number of amides is 2. The number of carbonyl (C=O) groups is 10. The van der Waals surface area contributed by atoms with Crippen LogP contribution in [0, 0.1) is 76.9 Å². The highest BCUT2D eigenvalue weighted by Gasteiger charge is 2.56. The normalized spacial score (nSPS) is 39.6. The van der Waals surface area contributed by atoms with E-state index in [2.05, 4.69) is 0 Å². The van der Waals surface area contributed by atoms with Gasteiger partial charge in [-0.25, -0.2) is 9.59 Å². The van der Waals surface area contributed by atoms with Crippen LogP contribution in [0.3, 0.4) is 0 Å². The third-order valence-electron chi connectivity index (χ3n) is 29.9. The summed E-state index contributed by atoms with van der Waals surface area (Å²) in [6.07, 6.45) is 22.4. The number of aliphatic hydroxyl groups excluding tert-OH is 4. The zero-order valence-electron chi connectivity index (χ0n) is 83.3. The molecular weight excluding hydrogens is 1720 g/mol. The predicted octanol–water partition coefficient (Wildman–Crippen LogP) is 12.4. The lowest BCUT2D eigenvalue weighted by Gasteiger charge is -2.43. The molecule has 1 unspecified atom stereocenters. The highest BCUT2D eigenvalue weighted by atomic mass is 16.6. The lowest BCUT2D eigenvalue weighted by Crippen LogP contribution is -2.61. The summed E-state index contributed by atoms with van der Waals surface area (Å²) in [5.74, 6) is -15.7. The Morgan fingerprint density at radius 1 is 0.440 bits per heavy atom. The number of hydrogen-bond acceptors (Lipinski definition) is 27. The van der Waals surface area contributed by atoms with E-state index in [9.17, 15) is 78.6 Å². The van der Waals surface area contributed by atoms with Crippen LogP contribution >= 0.6 is 0 Å². The number of hydrogen-bond donors (Lipinski definition) is 6. The maximum Gasteiger partial charge on any atom is 0.329 e. The number of ketones is 6. The fourth-order valence-electron chi connectivity index (χ4n) is 20.8. The minimum absolute atomic E-state index is 0.00918. The van der Waals surface area contributed by atoms with Crippen molar-refractivity contribution < 1.29 is 131 Å². The molecule has 7 aliphatic heterocycles. The van der Waals surface area contributed by atoms with E-state index in [1.165, 1.54) is 24.0 Å². The molecule has 134 heavy (non-hydrogen) atoms. The van der Waals surface area contributed by atoms with Crippen LogP contribution < -0.4 is 0 Å². The largest absolute Gasteiger partial charge is 0.460 e. The molecule has 0 aromatic carbocycles. The second-order valence-electron chi connectivity index (χ2n) is 40.7. The number of Topliss-reactive ketones (excluding diaryl/α,β-unsaturated/α-hetero) is 6. The number of esters is 2. The molecule has 0 aromatic heterocycles. The topological polar surface area (TPSA) is 400 Å². The minimum atomic E-state index is -2.45. The van der Waals surface area contributed by atoms with Crippen LogP contribution in [0.25, 0.3) is 0 Å². The summed E-state index contributed by atoms with van der Waals surface area (Å²) >= 11 is 0. The summed E-state index contributed by atoms with van der Waals surface area (Å²) in [5.41, 5.74) is 2.55. The molecule has 0 radical (unpaired) electrons. The fraction of sp³-hybridized carbons (Fsp3) is 0.752. The lowest BCUT2D eigenvalue weighted by molar-refractivity contribution is -0.266. The summed E-state index contributed by atoms with van der Waals surface area (Å²) in [5, 5.41) is 67.9. The van der Waals surface area contributed by atoms with Gasteiger partial charge in [0.05, 0.1) is 68.7 Å². The Morgan fingerprint density at radius 3 is 1.21 bits per heavy atom. The first-order chi connectivity index (χ1) is 63.5. The van der Waals surface area contributed by atoms with Gasteiger partial charge in [-0.1, -0.05) is 142 Å². The van der Waals surface area contributed by atoms with Gasteiger partial charge in [-0.05, 0) is 214 Å². The van der Waals surface area contributed by atoms with Crippen LogP contribution in [0.4, 0.5) is 0 Å². The monoisotopic (exact) mass is 1880 g/mol. The Morgan fingerprint density at radius 2 is 0.836 bits per heavy atom. The van der Waals surface area contributed by atoms with E-state index in [1.807, 2.05) is 116 Å². The molecule has 7 heterocycles. The first-order valence-electron chi connectivity index (χ1n) is 49.5. The second-order valence-corrected chi connectivity index (χ2v) is 40.7. The number of rotatable bonds is 14. The number of nitrogens with zero attached hydrogens (tertiary/aromatic N) is 2. The van der Waals surface area contributed by atoms with Gasteiger partial charge in [-0.3, -0.25) is 38.4 Å². The molecule has 2 saturated carbocycles. The summed E-state index contributed by atoms with van der Waals surface area (Å²) < 4.78 is 64.9. The zero-order valence-corrected chi connectivity index (χ0v) is 83.3. The number of methoxy groups -OCH3 is 5. The molecular formula is C105H162N2O27. The molecule has 4 bridgehead atoms. The Kier molecular flexibility index (Phi) is 45.0.